The maximum Gasteiger partial charge on any atom is 0.330 e. The lowest BCUT2D eigenvalue weighted by molar-refractivity contribution is -0.148. The van der Waals surface area contributed by atoms with Gasteiger partial charge >= 0.3 is 5.97 Å². The van der Waals surface area contributed by atoms with Gasteiger partial charge in [0.25, 0.3) is 0 Å². The molecule has 0 aliphatic carbocycles. The summed E-state index contributed by atoms with van der Waals surface area (Å²) in [6, 6.07) is 0. The first kappa shape index (κ1) is 27.0. The van der Waals surface area contributed by atoms with E-state index in [0.717, 1.165) is 37.7 Å². The number of ether oxygens (including phenoxy) is 4. The van der Waals surface area contributed by atoms with Crippen molar-refractivity contribution in [3.63, 3.8) is 0 Å². The molecule has 2 N–H and O–H groups in total. The van der Waals surface area contributed by atoms with Gasteiger partial charge in [0.1, 0.15) is 18.3 Å². The van der Waals surface area contributed by atoms with Gasteiger partial charge in [-0.1, -0.05) is 54.2 Å². The van der Waals surface area contributed by atoms with E-state index in [-0.39, 0.29) is 30.5 Å². The number of aliphatic hydroxyl groups is 2. The molecule has 0 aromatic heterocycles. The van der Waals surface area contributed by atoms with Crippen molar-refractivity contribution in [3.05, 3.63) is 60.3 Å². The van der Waals surface area contributed by atoms with Crippen LogP contribution in [-0.4, -0.2) is 71.6 Å². The molecule has 0 aromatic rings. The number of hydrogen-bond acceptors (Lipinski definition) is 7. The summed E-state index contributed by atoms with van der Waals surface area (Å²) in [7, 11) is 0. The fourth-order valence-electron chi connectivity index (χ4n) is 5.06. The monoisotopic (exact) mass is 500 g/mol. The molecule has 0 aromatic carbocycles. The molecule has 2 bridgehead atoms. The van der Waals surface area contributed by atoms with Gasteiger partial charge < -0.3 is 29.2 Å². The summed E-state index contributed by atoms with van der Waals surface area (Å²) in [5.74, 6) is -0.524. The Labute approximate surface area is 214 Å². The van der Waals surface area contributed by atoms with E-state index < -0.39 is 24.3 Å². The number of esters is 1. The van der Waals surface area contributed by atoms with Crippen molar-refractivity contribution in [3.8, 4) is 0 Å². The van der Waals surface area contributed by atoms with Crippen molar-refractivity contribution in [1.82, 2.24) is 0 Å². The minimum absolute atomic E-state index is 0.0744. The quantitative estimate of drug-likeness (QED) is 0.345. The van der Waals surface area contributed by atoms with Gasteiger partial charge in [-0.25, -0.2) is 4.79 Å². The molecule has 36 heavy (non-hydrogen) atoms. The van der Waals surface area contributed by atoms with Crippen LogP contribution in [0.15, 0.2) is 60.3 Å². The normalized spacial score (nSPS) is 38.3. The Morgan fingerprint density at radius 2 is 2.06 bits per heavy atom. The molecule has 4 rings (SSSR count). The lowest BCUT2D eigenvalue weighted by Gasteiger charge is -2.25. The topological polar surface area (TPSA) is 97.8 Å². The van der Waals surface area contributed by atoms with E-state index in [4.69, 9.17) is 18.9 Å². The molecule has 0 spiro atoms. The second kappa shape index (κ2) is 13.0. The molecule has 4 aliphatic heterocycles. The van der Waals surface area contributed by atoms with Crippen LogP contribution in [-0.2, 0) is 23.7 Å². The summed E-state index contributed by atoms with van der Waals surface area (Å²) in [6.07, 6.45) is 15.3. The zero-order chi connectivity index (χ0) is 25.5. The van der Waals surface area contributed by atoms with Crippen molar-refractivity contribution in [2.45, 2.75) is 107 Å². The molecule has 0 amide bonds. The fraction of sp³-hybridized carbons (Fsp3) is 0.621. The Hall–Kier alpha value is -2.03. The van der Waals surface area contributed by atoms with E-state index in [1.165, 1.54) is 11.6 Å². The van der Waals surface area contributed by atoms with Crippen LogP contribution in [0, 0.1) is 0 Å². The van der Waals surface area contributed by atoms with Gasteiger partial charge in [0.2, 0.25) is 0 Å². The highest BCUT2D eigenvalue weighted by molar-refractivity contribution is 5.82. The molecular formula is C29H40O7. The summed E-state index contributed by atoms with van der Waals surface area (Å²) >= 11 is 0. The second-order valence-electron chi connectivity index (χ2n) is 10.4. The summed E-state index contributed by atoms with van der Waals surface area (Å²) in [5, 5.41) is 21.5. The van der Waals surface area contributed by atoms with Crippen molar-refractivity contribution in [2.75, 3.05) is 6.61 Å². The number of carbonyl (C=O) groups excluding carboxylic acids is 1. The first-order chi connectivity index (χ1) is 17.4. The van der Waals surface area contributed by atoms with Crippen LogP contribution in [0.3, 0.4) is 0 Å². The van der Waals surface area contributed by atoms with E-state index >= 15 is 0 Å². The lowest BCUT2D eigenvalue weighted by Crippen LogP contribution is -2.32. The first-order valence-electron chi connectivity index (χ1n) is 13.2. The maximum atomic E-state index is 12.6. The van der Waals surface area contributed by atoms with E-state index in [1.54, 1.807) is 12.2 Å². The van der Waals surface area contributed by atoms with Gasteiger partial charge in [-0.3, -0.25) is 0 Å². The number of cyclic esters (lactones) is 1. The Bertz CT molecular complexity index is 888. The number of epoxide rings is 1. The second-order valence-corrected chi connectivity index (χ2v) is 10.4. The zero-order valence-electron chi connectivity index (χ0n) is 21.2. The van der Waals surface area contributed by atoms with E-state index in [2.05, 4.69) is 19.6 Å². The largest absolute Gasteiger partial charge is 0.456 e. The van der Waals surface area contributed by atoms with Gasteiger partial charge in [0, 0.05) is 12.5 Å². The number of aliphatic hydroxyl groups excluding tert-OH is 2. The number of hydrogen-bond donors (Lipinski definition) is 2. The number of fused-ring (bicyclic) bond motifs is 3. The Morgan fingerprint density at radius 3 is 2.89 bits per heavy atom. The molecule has 7 nitrogen and oxygen atoms in total. The SMILES string of the molecule is C=C1CCC[C@@H]2CC=C[C@@H](C/C=C/C(=O)O[C@H]([C@@H](O)/C=C/[C@@H]3CC(C)=CCO3)C[C@H]3O[C@H]3[C@@H](O)C1)O2. The predicted molar refractivity (Wildman–Crippen MR) is 136 cm³/mol. The minimum atomic E-state index is -1.02. The zero-order valence-corrected chi connectivity index (χ0v) is 21.2. The minimum Gasteiger partial charge on any atom is -0.456 e. The maximum absolute atomic E-state index is 12.6. The Balaban J connectivity index is 1.43. The Kier molecular flexibility index (Phi) is 9.73. The van der Waals surface area contributed by atoms with Crippen molar-refractivity contribution < 1.29 is 34.0 Å². The van der Waals surface area contributed by atoms with Crippen LogP contribution < -0.4 is 0 Å². The summed E-state index contributed by atoms with van der Waals surface area (Å²) in [5.41, 5.74) is 2.23. The standard InChI is InChI=1S/C29H40O7/c1-19-6-3-7-21-8-4-9-22(34-21)10-5-11-28(32)35-26(18-27-29(36-27)25(31)17-19)24(30)13-12-23-16-20(2)14-15-33-23/h4-5,9,11-14,21-27,29-31H,1,3,6-8,10,15-18H2,2H3/b11-5+,13-12+/t21-,22+,23-,24+,25+,26+,27-,29+/m1/s1. The smallest absolute Gasteiger partial charge is 0.330 e. The van der Waals surface area contributed by atoms with Crippen LogP contribution in [0.5, 0.6) is 0 Å². The van der Waals surface area contributed by atoms with E-state index in [1.807, 2.05) is 18.2 Å². The van der Waals surface area contributed by atoms with E-state index in [0.29, 0.717) is 25.9 Å². The van der Waals surface area contributed by atoms with Crippen LogP contribution in [0.2, 0.25) is 0 Å². The van der Waals surface area contributed by atoms with Gasteiger partial charge in [-0.15, -0.1) is 0 Å². The predicted octanol–water partition coefficient (Wildman–Crippen LogP) is 3.86. The third kappa shape index (κ3) is 8.25. The highest BCUT2D eigenvalue weighted by atomic mass is 16.6. The molecule has 8 atom stereocenters. The van der Waals surface area contributed by atoms with Gasteiger partial charge in [0.05, 0.1) is 37.1 Å². The van der Waals surface area contributed by atoms with Crippen LogP contribution in [0.4, 0.5) is 0 Å². The fourth-order valence-corrected chi connectivity index (χ4v) is 5.06. The number of carbonyl (C=O) groups is 1. The molecular weight excluding hydrogens is 460 g/mol. The molecule has 1 saturated heterocycles. The third-order valence-electron chi connectivity index (χ3n) is 7.20. The van der Waals surface area contributed by atoms with Gasteiger partial charge in [-0.2, -0.15) is 0 Å². The molecule has 0 radical (unpaired) electrons. The summed E-state index contributed by atoms with van der Waals surface area (Å²) in [4.78, 5) is 12.6. The number of rotatable bonds is 3. The van der Waals surface area contributed by atoms with Crippen molar-refractivity contribution in [1.29, 1.82) is 0 Å². The molecule has 0 saturated carbocycles. The molecule has 4 heterocycles. The summed E-state index contributed by atoms with van der Waals surface area (Å²) in [6.45, 7) is 6.74. The van der Waals surface area contributed by atoms with Crippen molar-refractivity contribution in [2.24, 2.45) is 0 Å². The lowest BCUT2D eigenvalue weighted by atomic mass is 9.97. The van der Waals surface area contributed by atoms with Crippen LogP contribution in [0.1, 0.15) is 58.3 Å². The Morgan fingerprint density at radius 1 is 1.19 bits per heavy atom. The van der Waals surface area contributed by atoms with Crippen LogP contribution >= 0.6 is 0 Å². The molecule has 198 valence electrons. The molecule has 4 aliphatic rings. The average molecular weight is 501 g/mol. The van der Waals surface area contributed by atoms with Crippen molar-refractivity contribution >= 4 is 5.97 Å². The third-order valence-corrected chi connectivity index (χ3v) is 7.20. The molecule has 0 unspecified atom stereocenters. The molecule has 1 fully saturated rings. The van der Waals surface area contributed by atoms with Gasteiger partial charge in [-0.05, 0) is 51.9 Å². The average Bonchev–Trinajstić information content (AvgIpc) is 3.61. The van der Waals surface area contributed by atoms with E-state index in [9.17, 15) is 15.0 Å². The van der Waals surface area contributed by atoms with Crippen LogP contribution in [0.25, 0.3) is 0 Å². The highest BCUT2D eigenvalue weighted by Gasteiger charge is 2.46. The highest BCUT2D eigenvalue weighted by Crippen LogP contribution is 2.34. The summed E-state index contributed by atoms with van der Waals surface area (Å²) < 4.78 is 23.2. The first-order valence-corrected chi connectivity index (χ1v) is 13.2. The molecule has 7 heteroatoms. The van der Waals surface area contributed by atoms with Gasteiger partial charge in [0.15, 0.2) is 0 Å².